The minimum Gasteiger partial charge on any atom is -0.485 e. The van der Waals surface area contributed by atoms with Crippen LogP contribution in [-0.2, 0) is 24.6 Å². The summed E-state index contributed by atoms with van der Waals surface area (Å²) in [6.45, 7) is 2.03. The molecule has 0 aliphatic carbocycles. The number of hydrogen-bond acceptors (Lipinski definition) is 5. The van der Waals surface area contributed by atoms with Crippen molar-refractivity contribution in [3.05, 3.63) is 92.4 Å². The second-order valence-corrected chi connectivity index (χ2v) is 8.62. The van der Waals surface area contributed by atoms with Gasteiger partial charge in [0.15, 0.2) is 17.9 Å². The Balaban J connectivity index is 1.50. The molecule has 0 amide bonds. The van der Waals surface area contributed by atoms with Crippen LogP contribution in [0.15, 0.2) is 80.7 Å². The van der Waals surface area contributed by atoms with Crippen molar-refractivity contribution in [3.63, 3.8) is 0 Å². The van der Waals surface area contributed by atoms with Crippen LogP contribution in [0.25, 0.3) is 0 Å². The highest BCUT2D eigenvalue weighted by molar-refractivity contribution is 9.10. The molecule has 0 saturated carbocycles. The van der Waals surface area contributed by atoms with Crippen LogP contribution in [0.3, 0.4) is 0 Å². The number of hydrogen-bond donors (Lipinski definition) is 0. The summed E-state index contributed by atoms with van der Waals surface area (Å²) in [5.74, 6) is 1.40. The van der Waals surface area contributed by atoms with E-state index in [0.717, 1.165) is 25.6 Å². The van der Waals surface area contributed by atoms with Gasteiger partial charge in [-0.25, -0.2) is 4.99 Å². The van der Waals surface area contributed by atoms with E-state index < -0.39 is 0 Å². The molecule has 30 heavy (non-hydrogen) atoms. The number of aliphatic imine (C=N–C) groups is 1. The largest absolute Gasteiger partial charge is 0.485 e. The molecule has 1 heterocycles. The lowest BCUT2D eigenvalue weighted by Gasteiger charge is -2.17. The Morgan fingerprint density at radius 1 is 0.800 bits per heavy atom. The molecule has 0 saturated heterocycles. The van der Waals surface area contributed by atoms with Gasteiger partial charge >= 0.3 is 0 Å². The molecule has 3 aromatic carbocycles. The number of nitrogens with zero attached hydrogens (tertiary/aromatic N) is 2. The summed E-state index contributed by atoms with van der Waals surface area (Å²) < 4.78 is 14.3. The Labute approximate surface area is 192 Å². The van der Waals surface area contributed by atoms with Gasteiger partial charge in [0, 0.05) is 8.95 Å². The Bertz CT molecular complexity index is 1030. The minimum atomic E-state index is 0.444. The van der Waals surface area contributed by atoms with E-state index >= 15 is 0 Å². The SMILES string of the molecule is Brc1cccc(COc2ccc(CN3CN=CO3)cc2OCc2cccc(Br)c2)c1. The first-order chi connectivity index (χ1) is 14.7. The van der Waals surface area contributed by atoms with Crippen molar-refractivity contribution in [3.8, 4) is 11.5 Å². The Hall–Kier alpha value is -2.35. The predicted octanol–water partition coefficient (Wildman–Crippen LogP) is 6.10. The van der Waals surface area contributed by atoms with Crippen LogP contribution in [0.2, 0.25) is 0 Å². The molecule has 4 rings (SSSR count). The quantitative estimate of drug-likeness (QED) is 0.352. The normalized spacial score (nSPS) is 13.3. The minimum absolute atomic E-state index is 0.444. The van der Waals surface area contributed by atoms with Crippen LogP contribution < -0.4 is 9.47 Å². The van der Waals surface area contributed by atoms with Crippen LogP contribution in [0.1, 0.15) is 16.7 Å². The summed E-state index contributed by atoms with van der Waals surface area (Å²) >= 11 is 7.00. The zero-order valence-corrected chi connectivity index (χ0v) is 19.3. The molecular formula is C23H20Br2N2O3. The highest BCUT2D eigenvalue weighted by atomic mass is 79.9. The van der Waals surface area contributed by atoms with Crippen molar-refractivity contribution in [2.75, 3.05) is 6.67 Å². The molecule has 0 bridgehead atoms. The maximum atomic E-state index is 6.15. The lowest BCUT2D eigenvalue weighted by Crippen LogP contribution is -2.18. The van der Waals surface area contributed by atoms with Crippen LogP contribution in [0.4, 0.5) is 0 Å². The number of halogens is 2. The van der Waals surface area contributed by atoms with Gasteiger partial charge in [-0.1, -0.05) is 62.2 Å². The lowest BCUT2D eigenvalue weighted by molar-refractivity contribution is -0.0519. The summed E-state index contributed by atoms with van der Waals surface area (Å²) in [6, 6.07) is 22.1. The first-order valence-electron chi connectivity index (χ1n) is 9.43. The summed E-state index contributed by atoms with van der Waals surface area (Å²) in [7, 11) is 0. The summed E-state index contributed by atoms with van der Waals surface area (Å²) in [6.07, 6.45) is 1.46. The number of hydroxylamine groups is 2. The molecule has 0 atom stereocenters. The Kier molecular flexibility index (Phi) is 7.04. The van der Waals surface area contributed by atoms with Crippen molar-refractivity contribution in [1.82, 2.24) is 5.06 Å². The highest BCUT2D eigenvalue weighted by Crippen LogP contribution is 2.31. The average molecular weight is 532 g/mol. The molecule has 0 radical (unpaired) electrons. The van der Waals surface area contributed by atoms with Gasteiger partial charge in [-0.3, -0.25) is 0 Å². The molecule has 1 aliphatic heterocycles. The summed E-state index contributed by atoms with van der Waals surface area (Å²) in [5, 5.41) is 1.77. The topological polar surface area (TPSA) is 43.3 Å². The first-order valence-corrected chi connectivity index (χ1v) is 11.0. The Morgan fingerprint density at radius 2 is 1.47 bits per heavy atom. The lowest BCUT2D eigenvalue weighted by atomic mass is 10.2. The molecule has 7 heteroatoms. The van der Waals surface area contributed by atoms with E-state index in [4.69, 9.17) is 14.3 Å². The molecule has 154 valence electrons. The predicted molar refractivity (Wildman–Crippen MR) is 123 cm³/mol. The summed E-state index contributed by atoms with van der Waals surface area (Å²) in [5.41, 5.74) is 3.21. The zero-order valence-electron chi connectivity index (χ0n) is 16.1. The molecule has 0 N–H and O–H groups in total. The standard InChI is InChI=1S/C23H20Br2N2O3/c24-20-5-1-3-18(9-20)13-28-22-8-7-17(12-27-15-26-16-30-27)11-23(22)29-14-19-4-2-6-21(25)10-19/h1-11,16H,12-15H2. The maximum Gasteiger partial charge on any atom is 0.198 e. The van der Waals surface area contributed by atoms with Crippen LogP contribution in [0, 0.1) is 0 Å². The van der Waals surface area contributed by atoms with E-state index in [9.17, 15) is 0 Å². The molecule has 0 unspecified atom stereocenters. The Morgan fingerprint density at radius 3 is 2.07 bits per heavy atom. The van der Waals surface area contributed by atoms with Gasteiger partial charge in [0.1, 0.15) is 19.9 Å². The molecule has 1 aliphatic rings. The number of ether oxygens (including phenoxy) is 2. The van der Waals surface area contributed by atoms with Gasteiger partial charge in [-0.2, -0.15) is 0 Å². The number of benzene rings is 3. The third-order valence-electron chi connectivity index (χ3n) is 4.44. The van der Waals surface area contributed by atoms with Gasteiger partial charge in [-0.15, -0.1) is 5.06 Å². The second kappa shape index (κ2) is 10.1. The maximum absolute atomic E-state index is 6.15. The first kappa shape index (κ1) is 20.9. The second-order valence-electron chi connectivity index (χ2n) is 6.79. The fourth-order valence-corrected chi connectivity index (χ4v) is 3.90. The molecule has 3 aromatic rings. The van der Waals surface area contributed by atoms with E-state index in [1.54, 1.807) is 5.06 Å². The molecule has 0 aromatic heterocycles. The number of rotatable bonds is 8. The van der Waals surface area contributed by atoms with Gasteiger partial charge in [0.05, 0.1) is 6.54 Å². The summed E-state index contributed by atoms with van der Waals surface area (Å²) in [4.78, 5) is 9.42. The highest BCUT2D eigenvalue weighted by Gasteiger charge is 2.13. The molecule has 0 spiro atoms. The van der Waals surface area contributed by atoms with Crippen molar-refractivity contribution in [2.45, 2.75) is 19.8 Å². The molecule has 5 nitrogen and oxygen atoms in total. The van der Waals surface area contributed by atoms with Gasteiger partial charge < -0.3 is 14.3 Å². The van der Waals surface area contributed by atoms with E-state index in [-0.39, 0.29) is 0 Å². The fourth-order valence-electron chi connectivity index (χ4n) is 3.01. The van der Waals surface area contributed by atoms with Crippen LogP contribution >= 0.6 is 31.9 Å². The molecular weight excluding hydrogens is 512 g/mol. The van der Waals surface area contributed by atoms with Crippen LogP contribution in [0.5, 0.6) is 11.5 Å². The third-order valence-corrected chi connectivity index (χ3v) is 5.43. The zero-order chi connectivity index (χ0) is 20.8. The van der Waals surface area contributed by atoms with E-state index in [0.29, 0.717) is 37.9 Å². The van der Waals surface area contributed by atoms with Crippen molar-refractivity contribution >= 4 is 38.3 Å². The fraction of sp³-hybridized carbons (Fsp3) is 0.174. The van der Waals surface area contributed by atoms with Crippen molar-refractivity contribution in [1.29, 1.82) is 0 Å². The van der Waals surface area contributed by atoms with Gasteiger partial charge in [0.2, 0.25) is 0 Å². The third kappa shape index (κ3) is 5.84. The van der Waals surface area contributed by atoms with Gasteiger partial charge in [-0.05, 0) is 53.1 Å². The molecule has 0 fully saturated rings. The van der Waals surface area contributed by atoms with E-state index in [1.165, 1.54) is 6.40 Å². The monoisotopic (exact) mass is 530 g/mol. The van der Waals surface area contributed by atoms with E-state index in [1.807, 2.05) is 66.7 Å². The van der Waals surface area contributed by atoms with Crippen molar-refractivity contribution < 1.29 is 14.3 Å². The average Bonchev–Trinajstić information content (AvgIpc) is 3.25. The van der Waals surface area contributed by atoms with Crippen molar-refractivity contribution in [2.24, 2.45) is 4.99 Å². The van der Waals surface area contributed by atoms with Gasteiger partial charge in [0.25, 0.3) is 0 Å². The smallest absolute Gasteiger partial charge is 0.198 e. The van der Waals surface area contributed by atoms with E-state index in [2.05, 4.69) is 36.9 Å². The van der Waals surface area contributed by atoms with Crippen LogP contribution in [-0.4, -0.2) is 18.1 Å².